The molecule has 0 aliphatic carbocycles. The number of H-pyrrole nitrogens is 1. The average molecular weight is 203 g/mol. The summed E-state index contributed by atoms with van der Waals surface area (Å²) in [6, 6.07) is 3.77. The normalized spacial score (nSPS) is 20.3. The topological polar surface area (TPSA) is 67.0 Å². The number of amides is 1. The van der Waals surface area contributed by atoms with E-state index in [1.165, 1.54) is 0 Å². The molecule has 1 unspecified atom stereocenters. The van der Waals surface area contributed by atoms with Gasteiger partial charge in [-0.2, -0.15) is 0 Å². The van der Waals surface area contributed by atoms with Crippen molar-refractivity contribution in [3.8, 4) is 0 Å². The first-order valence-electron chi connectivity index (χ1n) is 4.70. The fourth-order valence-electron chi connectivity index (χ4n) is 1.82. The molecule has 0 bridgehead atoms. The van der Waals surface area contributed by atoms with Crippen molar-refractivity contribution in [3.05, 3.63) is 30.1 Å². The molecule has 1 aliphatic rings. The molecule has 3 rings (SSSR count). The van der Waals surface area contributed by atoms with Gasteiger partial charge in [-0.25, -0.2) is 9.78 Å². The molecule has 2 aromatic heterocycles. The SMILES string of the molecule is O=C1NC(c2c[nH]c3ncccc23)CO1. The number of ether oxygens (including phenoxy) is 1. The van der Waals surface area contributed by atoms with Gasteiger partial charge in [0.1, 0.15) is 12.3 Å². The lowest BCUT2D eigenvalue weighted by atomic mass is 10.1. The number of fused-ring (bicyclic) bond motifs is 1. The maximum Gasteiger partial charge on any atom is 0.407 e. The molecule has 15 heavy (non-hydrogen) atoms. The first kappa shape index (κ1) is 8.28. The van der Waals surface area contributed by atoms with Gasteiger partial charge in [-0.1, -0.05) is 0 Å². The van der Waals surface area contributed by atoms with Gasteiger partial charge in [0, 0.05) is 23.3 Å². The van der Waals surface area contributed by atoms with Crippen molar-refractivity contribution in [2.45, 2.75) is 6.04 Å². The number of hydrogen-bond acceptors (Lipinski definition) is 3. The fourth-order valence-corrected chi connectivity index (χ4v) is 1.82. The summed E-state index contributed by atoms with van der Waals surface area (Å²) in [7, 11) is 0. The number of rotatable bonds is 1. The number of nitrogens with zero attached hydrogens (tertiary/aromatic N) is 1. The number of cyclic esters (lactones) is 1. The molecule has 2 aromatic rings. The highest BCUT2D eigenvalue weighted by molar-refractivity contribution is 5.81. The van der Waals surface area contributed by atoms with Crippen LogP contribution < -0.4 is 5.32 Å². The van der Waals surface area contributed by atoms with Gasteiger partial charge >= 0.3 is 6.09 Å². The van der Waals surface area contributed by atoms with Gasteiger partial charge in [0.25, 0.3) is 0 Å². The molecule has 2 N–H and O–H groups in total. The number of hydrogen-bond donors (Lipinski definition) is 2. The monoisotopic (exact) mass is 203 g/mol. The van der Waals surface area contributed by atoms with Crippen LogP contribution in [0.2, 0.25) is 0 Å². The number of alkyl carbamates (subject to hydrolysis) is 1. The van der Waals surface area contributed by atoms with Gasteiger partial charge in [0.15, 0.2) is 0 Å². The average Bonchev–Trinajstić information content (AvgIpc) is 2.83. The zero-order valence-electron chi connectivity index (χ0n) is 7.86. The highest BCUT2D eigenvalue weighted by atomic mass is 16.6. The summed E-state index contributed by atoms with van der Waals surface area (Å²) in [6.45, 7) is 0.376. The van der Waals surface area contributed by atoms with Crippen molar-refractivity contribution in [2.75, 3.05) is 6.61 Å². The van der Waals surface area contributed by atoms with Gasteiger partial charge in [0.2, 0.25) is 0 Å². The number of nitrogens with one attached hydrogen (secondary N) is 2. The lowest BCUT2D eigenvalue weighted by molar-refractivity contribution is 0.177. The van der Waals surface area contributed by atoms with Crippen molar-refractivity contribution >= 4 is 17.1 Å². The van der Waals surface area contributed by atoms with E-state index in [-0.39, 0.29) is 12.1 Å². The van der Waals surface area contributed by atoms with Crippen LogP contribution >= 0.6 is 0 Å². The number of pyridine rings is 1. The van der Waals surface area contributed by atoms with Gasteiger partial charge in [-0.3, -0.25) is 0 Å². The van der Waals surface area contributed by atoms with Gasteiger partial charge in [-0.05, 0) is 12.1 Å². The molecule has 0 radical (unpaired) electrons. The molecule has 5 heteroatoms. The smallest absolute Gasteiger partial charge is 0.407 e. The molecule has 1 aliphatic heterocycles. The second-order valence-corrected chi connectivity index (χ2v) is 3.44. The first-order valence-corrected chi connectivity index (χ1v) is 4.70. The Morgan fingerprint density at radius 1 is 1.53 bits per heavy atom. The van der Waals surface area contributed by atoms with Crippen LogP contribution in [-0.2, 0) is 4.74 Å². The van der Waals surface area contributed by atoms with E-state index < -0.39 is 0 Å². The number of aromatic amines is 1. The number of aromatic nitrogens is 2. The van der Waals surface area contributed by atoms with E-state index in [0.29, 0.717) is 6.61 Å². The van der Waals surface area contributed by atoms with Crippen molar-refractivity contribution in [1.29, 1.82) is 0 Å². The molecular formula is C10H9N3O2. The molecule has 76 valence electrons. The van der Waals surface area contributed by atoms with E-state index in [0.717, 1.165) is 16.6 Å². The van der Waals surface area contributed by atoms with Crippen molar-refractivity contribution < 1.29 is 9.53 Å². The Morgan fingerprint density at radius 2 is 2.47 bits per heavy atom. The summed E-state index contributed by atoms with van der Waals surface area (Å²) in [5.74, 6) is 0. The lowest BCUT2D eigenvalue weighted by Gasteiger charge is -2.04. The molecule has 0 spiro atoms. The minimum atomic E-state index is -0.363. The van der Waals surface area contributed by atoms with E-state index in [9.17, 15) is 4.79 Å². The number of carbonyl (C=O) groups is 1. The molecule has 1 fully saturated rings. The zero-order chi connectivity index (χ0) is 10.3. The predicted octanol–water partition coefficient (Wildman–Crippen LogP) is 1.34. The Kier molecular flexibility index (Phi) is 1.65. The maximum absolute atomic E-state index is 10.9. The van der Waals surface area contributed by atoms with E-state index in [1.54, 1.807) is 6.20 Å². The first-order chi connectivity index (χ1) is 7.34. The third-order valence-corrected chi connectivity index (χ3v) is 2.53. The van der Waals surface area contributed by atoms with Crippen LogP contribution in [0.5, 0.6) is 0 Å². The summed E-state index contributed by atoms with van der Waals surface area (Å²) >= 11 is 0. The van der Waals surface area contributed by atoms with Gasteiger partial charge < -0.3 is 15.0 Å². The molecule has 5 nitrogen and oxygen atoms in total. The zero-order valence-corrected chi connectivity index (χ0v) is 7.86. The summed E-state index contributed by atoms with van der Waals surface area (Å²) in [5.41, 5.74) is 1.84. The molecule has 0 aromatic carbocycles. The third kappa shape index (κ3) is 1.24. The van der Waals surface area contributed by atoms with Crippen LogP contribution in [0.1, 0.15) is 11.6 Å². The van der Waals surface area contributed by atoms with E-state index in [2.05, 4.69) is 15.3 Å². The van der Waals surface area contributed by atoms with E-state index >= 15 is 0 Å². The summed E-state index contributed by atoms with van der Waals surface area (Å²) in [5, 5.41) is 3.76. The predicted molar refractivity (Wildman–Crippen MR) is 53.3 cm³/mol. The van der Waals surface area contributed by atoms with Crippen LogP contribution in [0.3, 0.4) is 0 Å². The van der Waals surface area contributed by atoms with Crippen LogP contribution in [0.15, 0.2) is 24.5 Å². The van der Waals surface area contributed by atoms with Crippen LogP contribution in [0, 0.1) is 0 Å². The highest BCUT2D eigenvalue weighted by Crippen LogP contribution is 2.25. The van der Waals surface area contributed by atoms with Crippen LogP contribution in [-0.4, -0.2) is 22.7 Å². The van der Waals surface area contributed by atoms with Gasteiger partial charge in [0.05, 0.1) is 6.04 Å². The van der Waals surface area contributed by atoms with Crippen molar-refractivity contribution in [2.24, 2.45) is 0 Å². The van der Waals surface area contributed by atoms with Gasteiger partial charge in [-0.15, -0.1) is 0 Å². The summed E-state index contributed by atoms with van der Waals surface area (Å²) < 4.78 is 4.85. The summed E-state index contributed by atoms with van der Waals surface area (Å²) in [6.07, 6.45) is 3.22. The second kappa shape index (κ2) is 2.98. The minimum absolute atomic E-state index is 0.0737. The second-order valence-electron chi connectivity index (χ2n) is 3.44. The largest absolute Gasteiger partial charge is 0.447 e. The highest BCUT2D eigenvalue weighted by Gasteiger charge is 2.25. The maximum atomic E-state index is 10.9. The van der Waals surface area contributed by atoms with E-state index in [4.69, 9.17) is 4.74 Å². The Balaban J connectivity index is 2.07. The van der Waals surface area contributed by atoms with Crippen LogP contribution in [0.25, 0.3) is 11.0 Å². The third-order valence-electron chi connectivity index (χ3n) is 2.53. The molecular weight excluding hydrogens is 194 g/mol. The Bertz CT molecular complexity index is 520. The van der Waals surface area contributed by atoms with E-state index in [1.807, 2.05) is 18.3 Å². The van der Waals surface area contributed by atoms with Crippen molar-refractivity contribution in [3.63, 3.8) is 0 Å². The molecule has 3 heterocycles. The standard InChI is InChI=1S/C10H9N3O2/c14-10-13-8(5-15-10)7-4-12-9-6(7)2-1-3-11-9/h1-4,8H,5H2,(H,11,12)(H,13,14). The number of carbonyl (C=O) groups excluding carboxylic acids is 1. The molecule has 0 saturated carbocycles. The quantitative estimate of drug-likeness (QED) is 0.735. The molecule has 1 saturated heterocycles. The Hall–Kier alpha value is -2.04. The Labute approximate surface area is 85.5 Å². The van der Waals surface area contributed by atoms with Crippen molar-refractivity contribution in [1.82, 2.24) is 15.3 Å². The molecule has 1 atom stereocenters. The van der Waals surface area contributed by atoms with Crippen LogP contribution in [0.4, 0.5) is 4.79 Å². The Morgan fingerprint density at radius 3 is 3.27 bits per heavy atom. The minimum Gasteiger partial charge on any atom is -0.447 e. The lowest BCUT2D eigenvalue weighted by Crippen LogP contribution is -2.17. The molecule has 1 amide bonds. The fraction of sp³-hybridized carbons (Fsp3) is 0.200. The summed E-state index contributed by atoms with van der Waals surface area (Å²) in [4.78, 5) is 18.2.